The Kier molecular flexibility index (Phi) is 5.84. The Balaban J connectivity index is 1.81. The molecule has 3 rings (SSSR count). The number of alkyl halides is 2. The zero-order valence-electron chi connectivity index (χ0n) is 15.2. The zero-order valence-corrected chi connectivity index (χ0v) is 16.0. The lowest BCUT2D eigenvalue weighted by Gasteiger charge is -2.13. The van der Waals surface area contributed by atoms with Gasteiger partial charge in [-0.3, -0.25) is 14.5 Å². The van der Waals surface area contributed by atoms with Crippen molar-refractivity contribution < 1.29 is 18.3 Å². The van der Waals surface area contributed by atoms with E-state index in [0.29, 0.717) is 21.8 Å². The zero-order chi connectivity index (χ0) is 20.3. The Morgan fingerprint density at radius 2 is 1.96 bits per heavy atom. The molecule has 9 heteroatoms. The van der Waals surface area contributed by atoms with Crippen molar-refractivity contribution in [3.8, 4) is 17.1 Å². The number of rotatable bonds is 6. The molecule has 0 aliphatic carbocycles. The van der Waals surface area contributed by atoms with Crippen molar-refractivity contribution in [1.29, 1.82) is 0 Å². The van der Waals surface area contributed by atoms with Crippen LogP contribution in [0.5, 0.6) is 5.75 Å². The van der Waals surface area contributed by atoms with Crippen LogP contribution in [0, 0.1) is 18.6 Å². The van der Waals surface area contributed by atoms with E-state index in [4.69, 9.17) is 12.2 Å². The van der Waals surface area contributed by atoms with Crippen LogP contribution in [0.4, 0.5) is 14.5 Å². The highest BCUT2D eigenvalue weighted by Gasteiger charge is 2.15. The molecule has 0 aliphatic rings. The van der Waals surface area contributed by atoms with Gasteiger partial charge in [0.25, 0.3) is 0 Å². The van der Waals surface area contributed by atoms with Crippen LogP contribution in [0.3, 0.4) is 0 Å². The van der Waals surface area contributed by atoms with Gasteiger partial charge < -0.3 is 10.1 Å². The number of hydrogen-bond acceptors (Lipinski definition) is 4. The van der Waals surface area contributed by atoms with Crippen molar-refractivity contribution in [2.24, 2.45) is 0 Å². The smallest absolute Gasteiger partial charge is 0.387 e. The number of halogens is 2. The lowest BCUT2D eigenvalue weighted by atomic mass is 10.1. The third kappa shape index (κ3) is 4.42. The number of anilines is 1. The van der Waals surface area contributed by atoms with Gasteiger partial charge in [0.15, 0.2) is 10.6 Å². The van der Waals surface area contributed by atoms with Crippen molar-refractivity contribution in [2.45, 2.75) is 27.0 Å². The SMILES string of the molecule is Cc1ccc(-c2n[nH]c(=S)n2CC(=O)Nc2cccc(OC(F)F)c2C)cc1. The van der Waals surface area contributed by atoms with E-state index < -0.39 is 6.61 Å². The molecule has 0 saturated carbocycles. The maximum absolute atomic E-state index is 12.5. The molecule has 1 aromatic heterocycles. The minimum Gasteiger partial charge on any atom is -0.434 e. The first-order chi connectivity index (χ1) is 13.3. The van der Waals surface area contributed by atoms with Crippen LogP contribution in [-0.4, -0.2) is 27.3 Å². The molecule has 0 bridgehead atoms. The second-order valence-corrected chi connectivity index (χ2v) is 6.55. The van der Waals surface area contributed by atoms with E-state index in [-0.39, 0.29) is 18.2 Å². The molecule has 1 amide bonds. The van der Waals surface area contributed by atoms with E-state index in [0.717, 1.165) is 11.1 Å². The number of nitrogens with one attached hydrogen (secondary N) is 2. The molecule has 3 aromatic rings. The minimum absolute atomic E-state index is 0.00747. The van der Waals surface area contributed by atoms with Gasteiger partial charge in [-0.15, -0.1) is 0 Å². The third-order valence-electron chi connectivity index (χ3n) is 4.14. The summed E-state index contributed by atoms with van der Waals surface area (Å²) in [5.41, 5.74) is 2.71. The predicted molar refractivity (Wildman–Crippen MR) is 104 cm³/mol. The quantitative estimate of drug-likeness (QED) is 0.595. The van der Waals surface area contributed by atoms with Gasteiger partial charge in [-0.1, -0.05) is 35.9 Å². The summed E-state index contributed by atoms with van der Waals surface area (Å²) in [4.78, 5) is 12.5. The first-order valence-electron chi connectivity index (χ1n) is 8.41. The standard InChI is InChI=1S/C19H18F2N4O2S/c1-11-6-8-13(9-7-11)17-23-24-19(28)25(17)10-16(26)22-14-4-3-5-15(12(14)2)27-18(20)21/h3-9,18H,10H2,1-2H3,(H,22,26)(H,24,28). The number of benzene rings is 2. The van der Waals surface area contributed by atoms with Gasteiger partial charge in [0.05, 0.1) is 0 Å². The first kappa shape index (κ1) is 19.7. The summed E-state index contributed by atoms with van der Waals surface area (Å²) in [6.45, 7) is 0.542. The van der Waals surface area contributed by atoms with E-state index in [1.807, 2.05) is 31.2 Å². The number of carbonyl (C=O) groups is 1. The Morgan fingerprint density at radius 1 is 1.25 bits per heavy atom. The fraction of sp³-hybridized carbons (Fsp3) is 0.211. The molecule has 0 spiro atoms. The maximum atomic E-state index is 12.5. The second kappa shape index (κ2) is 8.30. The van der Waals surface area contributed by atoms with Gasteiger partial charge in [0.1, 0.15) is 12.3 Å². The molecule has 0 fully saturated rings. The summed E-state index contributed by atoms with van der Waals surface area (Å²) in [7, 11) is 0. The van der Waals surface area contributed by atoms with E-state index in [9.17, 15) is 13.6 Å². The Morgan fingerprint density at radius 3 is 2.64 bits per heavy atom. The van der Waals surface area contributed by atoms with E-state index in [2.05, 4.69) is 20.3 Å². The fourth-order valence-corrected chi connectivity index (χ4v) is 2.89. The summed E-state index contributed by atoms with van der Waals surface area (Å²) in [5, 5.41) is 9.60. The molecule has 0 unspecified atom stereocenters. The van der Waals surface area contributed by atoms with Crippen LogP contribution in [0.15, 0.2) is 42.5 Å². The summed E-state index contributed by atoms with van der Waals surface area (Å²) in [5.74, 6) is 0.169. The van der Waals surface area contributed by atoms with Gasteiger partial charge in [-0.25, -0.2) is 0 Å². The summed E-state index contributed by atoms with van der Waals surface area (Å²) in [6.07, 6.45) is 0. The molecular weight excluding hydrogens is 386 g/mol. The molecule has 0 aliphatic heterocycles. The third-order valence-corrected chi connectivity index (χ3v) is 4.46. The number of aryl methyl sites for hydroxylation is 1. The highest BCUT2D eigenvalue weighted by molar-refractivity contribution is 7.71. The average molecular weight is 404 g/mol. The predicted octanol–water partition coefficient (Wildman–Crippen LogP) is 4.46. The highest BCUT2D eigenvalue weighted by atomic mass is 32.1. The second-order valence-electron chi connectivity index (χ2n) is 6.16. The van der Waals surface area contributed by atoms with Crippen LogP contribution in [-0.2, 0) is 11.3 Å². The molecule has 2 aromatic carbocycles. The maximum Gasteiger partial charge on any atom is 0.387 e. The molecule has 1 heterocycles. The number of aromatic amines is 1. The topological polar surface area (TPSA) is 71.9 Å². The molecule has 146 valence electrons. The van der Waals surface area contributed by atoms with Crippen molar-refractivity contribution >= 4 is 23.8 Å². The fourth-order valence-electron chi connectivity index (χ4n) is 2.69. The van der Waals surface area contributed by atoms with Crippen molar-refractivity contribution in [3.63, 3.8) is 0 Å². The average Bonchev–Trinajstić information content (AvgIpc) is 2.99. The van der Waals surface area contributed by atoms with Crippen LogP contribution in [0.1, 0.15) is 11.1 Å². The number of H-pyrrole nitrogens is 1. The number of aromatic nitrogens is 3. The van der Waals surface area contributed by atoms with Crippen LogP contribution < -0.4 is 10.1 Å². The molecule has 28 heavy (non-hydrogen) atoms. The lowest BCUT2D eigenvalue weighted by Crippen LogP contribution is -2.20. The minimum atomic E-state index is -2.94. The molecule has 2 N–H and O–H groups in total. The van der Waals surface area contributed by atoms with Crippen molar-refractivity contribution in [2.75, 3.05) is 5.32 Å². The summed E-state index contributed by atoms with van der Waals surface area (Å²) < 4.78 is 31.3. The number of nitrogens with zero attached hydrogens (tertiary/aromatic N) is 2. The summed E-state index contributed by atoms with van der Waals surface area (Å²) >= 11 is 5.24. The largest absolute Gasteiger partial charge is 0.434 e. The Hall–Kier alpha value is -3.07. The normalized spacial score (nSPS) is 10.9. The van der Waals surface area contributed by atoms with Crippen molar-refractivity contribution in [3.05, 3.63) is 58.4 Å². The molecule has 6 nitrogen and oxygen atoms in total. The van der Waals surface area contributed by atoms with E-state index >= 15 is 0 Å². The van der Waals surface area contributed by atoms with E-state index in [1.54, 1.807) is 17.6 Å². The Labute approximate surface area is 165 Å². The monoisotopic (exact) mass is 404 g/mol. The molecular formula is C19H18F2N4O2S. The number of hydrogen-bond donors (Lipinski definition) is 2. The van der Waals surface area contributed by atoms with Crippen LogP contribution in [0.25, 0.3) is 11.4 Å². The number of amides is 1. The lowest BCUT2D eigenvalue weighted by molar-refractivity contribution is -0.116. The van der Waals surface area contributed by atoms with Gasteiger partial charge in [0.2, 0.25) is 5.91 Å². The number of carbonyl (C=O) groups excluding carboxylic acids is 1. The van der Waals surface area contributed by atoms with Gasteiger partial charge in [0, 0.05) is 16.8 Å². The van der Waals surface area contributed by atoms with Crippen molar-refractivity contribution in [1.82, 2.24) is 14.8 Å². The number of ether oxygens (including phenoxy) is 1. The highest BCUT2D eigenvalue weighted by Crippen LogP contribution is 2.27. The van der Waals surface area contributed by atoms with Crippen LogP contribution in [0.2, 0.25) is 0 Å². The van der Waals surface area contributed by atoms with Gasteiger partial charge >= 0.3 is 6.61 Å². The van der Waals surface area contributed by atoms with E-state index in [1.165, 1.54) is 12.1 Å². The Bertz CT molecular complexity index is 1040. The molecule has 0 radical (unpaired) electrons. The first-order valence-corrected chi connectivity index (χ1v) is 8.82. The van der Waals surface area contributed by atoms with Gasteiger partial charge in [-0.05, 0) is 38.2 Å². The summed E-state index contributed by atoms with van der Waals surface area (Å²) in [6, 6.07) is 12.2. The molecule has 0 saturated heterocycles. The van der Waals surface area contributed by atoms with Crippen LogP contribution >= 0.6 is 12.2 Å². The van der Waals surface area contributed by atoms with Gasteiger partial charge in [-0.2, -0.15) is 13.9 Å². The molecule has 0 atom stereocenters.